The summed E-state index contributed by atoms with van der Waals surface area (Å²) in [4.78, 5) is 27.2. The molecule has 0 radical (unpaired) electrons. The van der Waals surface area contributed by atoms with E-state index in [4.69, 9.17) is 5.11 Å². The molecule has 0 aliphatic heterocycles. The minimum absolute atomic E-state index is 0.00358. The first-order chi connectivity index (χ1) is 13.8. The van der Waals surface area contributed by atoms with E-state index in [0.29, 0.717) is 25.7 Å². The summed E-state index contributed by atoms with van der Waals surface area (Å²) < 4.78 is 40.2. The third-order valence-corrected chi connectivity index (χ3v) is 4.67. The number of benzene rings is 1. The van der Waals surface area contributed by atoms with Crippen LogP contribution in [0.15, 0.2) is 30.5 Å². The second-order valence-electron chi connectivity index (χ2n) is 6.78. The Morgan fingerprint density at radius 3 is 2.24 bits per heavy atom. The molecule has 0 saturated heterocycles. The van der Waals surface area contributed by atoms with Crippen molar-refractivity contribution in [3.63, 3.8) is 0 Å². The van der Waals surface area contributed by atoms with Crippen LogP contribution in [0.3, 0.4) is 0 Å². The van der Waals surface area contributed by atoms with Crippen molar-refractivity contribution in [3.8, 4) is 0 Å². The molecule has 4 N–H and O–H groups in total. The minimum Gasteiger partial charge on any atom is -0.465 e. The molecule has 1 aliphatic carbocycles. The van der Waals surface area contributed by atoms with E-state index in [9.17, 15) is 22.8 Å². The molecule has 2 aromatic rings. The summed E-state index contributed by atoms with van der Waals surface area (Å²) in [5.74, 6) is -3.39. The van der Waals surface area contributed by atoms with Gasteiger partial charge in [-0.2, -0.15) is 0 Å². The molecule has 1 aromatic carbocycles. The zero-order valence-electron chi connectivity index (χ0n) is 15.2. The highest BCUT2D eigenvalue weighted by molar-refractivity contribution is 5.99. The average molecular weight is 408 g/mol. The molecular formula is C19H19F3N4O3. The summed E-state index contributed by atoms with van der Waals surface area (Å²) in [6.45, 7) is 0. The molecule has 1 aromatic heterocycles. The first kappa shape index (κ1) is 20.4. The number of aromatic nitrogens is 1. The van der Waals surface area contributed by atoms with Crippen LogP contribution in [0, 0.1) is 17.5 Å². The Balaban J connectivity index is 1.69. The van der Waals surface area contributed by atoms with Gasteiger partial charge in [-0.1, -0.05) is 0 Å². The van der Waals surface area contributed by atoms with E-state index < -0.39 is 29.5 Å². The van der Waals surface area contributed by atoms with Crippen LogP contribution >= 0.6 is 0 Å². The molecule has 7 nitrogen and oxygen atoms in total. The highest BCUT2D eigenvalue weighted by Crippen LogP contribution is 2.23. The van der Waals surface area contributed by atoms with Crippen molar-refractivity contribution in [3.05, 3.63) is 53.5 Å². The van der Waals surface area contributed by atoms with Crippen molar-refractivity contribution < 1.29 is 27.9 Å². The van der Waals surface area contributed by atoms with E-state index in [2.05, 4.69) is 20.9 Å². The van der Waals surface area contributed by atoms with E-state index in [1.54, 1.807) is 0 Å². The molecule has 3 rings (SSSR count). The van der Waals surface area contributed by atoms with Gasteiger partial charge in [-0.3, -0.25) is 4.79 Å². The largest absolute Gasteiger partial charge is 0.465 e. The van der Waals surface area contributed by atoms with Crippen molar-refractivity contribution in [1.82, 2.24) is 15.6 Å². The second kappa shape index (κ2) is 8.80. The maximum atomic E-state index is 13.7. The van der Waals surface area contributed by atoms with Gasteiger partial charge in [0.1, 0.15) is 11.6 Å². The molecule has 1 fully saturated rings. The monoisotopic (exact) mass is 408 g/mol. The summed E-state index contributed by atoms with van der Waals surface area (Å²) in [5.41, 5.74) is 0.0674. The van der Waals surface area contributed by atoms with E-state index in [1.165, 1.54) is 6.07 Å². The Hall–Kier alpha value is -3.30. The maximum Gasteiger partial charge on any atom is 0.404 e. The highest BCUT2D eigenvalue weighted by Gasteiger charge is 2.25. The molecule has 0 atom stereocenters. The number of carbonyl (C=O) groups is 2. The van der Waals surface area contributed by atoms with Gasteiger partial charge in [-0.15, -0.1) is 0 Å². The zero-order chi connectivity index (χ0) is 21.0. The number of carbonyl (C=O) groups excluding carboxylic acids is 1. The number of anilines is 2. The maximum absolute atomic E-state index is 13.7. The van der Waals surface area contributed by atoms with Crippen molar-refractivity contribution in [2.24, 2.45) is 0 Å². The third kappa shape index (κ3) is 5.37. The zero-order valence-corrected chi connectivity index (χ0v) is 15.2. The highest BCUT2D eigenvalue weighted by atomic mass is 19.2. The van der Waals surface area contributed by atoms with E-state index in [-0.39, 0.29) is 29.2 Å². The molecule has 2 amide bonds. The summed E-state index contributed by atoms with van der Waals surface area (Å²) in [7, 11) is 0. The standard InChI is InChI=1S/C19H19F3N4O3/c20-10-7-14(17(23-9-10)24-13-5-6-15(21)16(22)8-13)18(27)25-11-1-3-12(4-2-11)26-19(28)29/h5-9,11-12,26H,1-4H2,(H,23,24)(H,25,27)(H,28,29). The van der Waals surface area contributed by atoms with Gasteiger partial charge in [0.2, 0.25) is 0 Å². The number of pyridine rings is 1. The fourth-order valence-corrected chi connectivity index (χ4v) is 3.24. The van der Waals surface area contributed by atoms with Crippen LogP contribution in [0.1, 0.15) is 36.0 Å². The number of carboxylic acid groups (broad SMARTS) is 1. The molecule has 154 valence electrons. The Bertz CT molecular complexity index is 918. The smallest absolute Gasteiger partial charge is 0.404 e. The molecule has 10 heteroatoms. The Labute approximate surface area is 164 Å². The average Bonchev–Trinajstić information content (AvgIpc) is 2.67. The van der Waals surface area contributed by atoms with Crippen molar-refractivity contribution in [2.45, 2.75) is 37.8 Å². The fourth-order valence-electron chi connectivity index (χ4n) is 3.24. The van der Waals surface area contributed by atoms with Gasteiger partial charge in [0.15, 0.2) is 11.6 Å². The van der Waals surface area contributed by atoms with Gasteiger partial charge in [0.05, 0.1) is 11.8 Å². The quantitative estimate of drug-likeness (QED) is 0.606. The van der Waals surface area contributed by atoms with Crippen LogP contribution in [0.25, 0.3) is 0 Å². The molecular weight excluding hydrogens is 389 g/mol. The lowest BCUT2D eigenvalue weighted by molar-refractivity contribution is 0.0923. The van der Waals surface area contributed by atoms with Gasteiger partial charge in [-0.05, 0) is 43.9 Å². The molecule has 29 heavy (non-hydrogen) atoms. The fraction of sp³-hybridized carbons (Fsp3) is 0.316. The van der Waals surface area contributed by atoms with Gasteiger partial charge in [0.25, 0.3) is 5.91 Å². The van der Waals surface area contributed by atoms with Crippen LogP contribution in [-0.2, 0) is 0 Å². The van der Waals surface area contributed by atoms with Gasteiger partial charge in [-0.25, -0.2) is 22.9 Å². The van der Waals surface area contributed by atoms with Gasteiger partial charge >= 0.3 is 6.09 Å². The van der Waals surface area contributed by atoms with Crippen LogP contribution in [0.5, 0.6) is 0 Å². The molecule has 0 bridgehead atoms. The first-order valence-electron chi connectivity index (χ1n) is 9.00. The summed E-state index contributed by atoms with van der Waals surface area (Å²) in [6.07, 6.45) is 2.08. The number of nitrogens with zero attached hydrogens (tertiary/aromatic N) is 1. The van der Waals surface area contributed by atoms with Gasteiger partial charge in [0, 0.05) is 23.8 Å². The lowest BCUT2D eigenvalue weighted by atomic mass is 9.91. The molecule has 1 saturated carbocycles. The Morgan fingerprint density at radius 1 is 0.966 bits per heavy atom. The molecule has 1 aliphatic rings. The number of hydrogen-bond donors (Lipinski definition) is 4. The predicted molar refractivity (Wildman–Crippen MR) is 98.5 cm³/mol. The van der Waals surface area contributed by atoms with Crippen LogP contribution in [-0.4, -0.2) is 34.2 Å². The lowest BCUT2D eigenvalue weighted by Crippen LogP contribution is -2.43. The normalized spacial score (nSPS) is 18.7. The van der Waals surface area contributed by atoms with Crippen LogP contribution in [0.2, 0.25) is 0 Å². The van der Waals surface area contributed by atoms with Crippen molar-refractivity contribution in [2.75, 3.05) is 5.32 Å². The van der Waals surface area contributed by atoms with E-state index in [1.807, 2.05) is 0 Å². The summed E-state index contributed by atoms with van der Waals surface area (Å²) >= 11 is 0. The SMILES string of the molecule is O=C(O)NC1CCC(NC(=O)c2cc(F)cnc2Nc2ccc(F)c(F)c2)CC1. The third-order valence-electron chi connectivity index (χ3n) is 4.67. The number of nitrogens with one attached hydrogen (secondary N) is 3. The van der Waals surface area contributed by atoms with Crippen LogP contribution in [0.4, 0.5) is 29.5 Å². The number of halogens is 3. The lowest BCUT2D eigenvalue weighted by Gasteiger charge is -2.29. The van der Waals surface area contributed by atoms with E-state index in [0.717, 1.165) is 24.4 Å². The first-order valence-corrected chi connectivity index (χ1v) is 9.00. The van der Waals surface area contributed by atoms with Crippen molar-refractivity contribution >= 4 is 23.5 Å². The van der Waals surface area contributed by atoms with Crippen molar-refractivity contribution in [1.29, 1.82) is 0 Å². The molecule has 0 spiro atoms. The minimum atomic E-state index is -1.09. The second-order valence-corrected chi connectivity index (χ2v) is 6.78. The van der Waals surface area contributed by atoms with E-state index >= 15 is 0 Å². The molecule has 0 unspecified atom stereocenters. The topological polar surface area (TPSA) is 103 Å². The number of hydrogen-bond acceptors (Lipinski definition) is 4. The summed E-state index contributed by atoms with van der Waals surface area (Å²) in [5, 5.41) is 16.7. The Morgan fingerprint density at radius 2 is 1.62 bits per heavy atom. The molecule has 1 heterocycles. The Kier molecular flexibility index (Phi) is 6.20. The van der Waals surface area contributed by atoms with Crippen LogP contribution < -0.4 is 16.0 Å². The number of amides is 2. The predicted octanol–water partition coefficient (Wildman–Crippen LogP) is 3.55. The van der Waals surface area contributed by atoms with Gasteiger partial charge < -0.3 is 21.1 Å². The number of rotatable bonds is 5. The summed E-state index contributed by atoms with van der Waals surface area (Å²) in [6, 6.07) is 3.73.